The van der Waals surface area contributed by atoms with Crippen LogP contribution < -0.4 is 0 Å². The molecule has 4 unspecified atom stereocenters. The van der Waals surface area contributed by atoms with Gasteiger partial charge in [0.1, 0.15) is 0 Å². The van der Waals surface area contributed by atoms with E-state index in [1.165, 1.54) is 51.7 Å². The number of hydrogen-bond acceptors (Lipinski definition) is 3. The minimum absolute atomic E-state index is 0.780. The molecule has 0 aromatic carbocycles. The van der Waals surface area contributed by atoms with E-state index in [-0.39, 0.29) is 0 Å². The zero-order valence-corrected chi connectivity index (χ0v) is 12.1. The van der Waals surface area contributed by atoms with E-state index in [9.17, 15) is 0 Å². The zero-order valence-electron chi connectivity index (χ0n) is 11.3. The maximum atomic E-state index is 2.86. The lowest BCUT2D eigenvalue weighted by Gasteiger charge is -2.46. The van der Waals surface area contributed by atoms with Gasteiger partial charge >= 0.3 is 0 Å². The van der Waals surface area contributed by atoms with Gasteiger partial charge in [0.15, 0.2) is 0 Å². The number of thioether (sulfide) groups is 1. The van der Waals surface area contributed by atoms with Gasteiger partial charge in [0.2, 0.25) is 0 Å². The fraction of sp³-hybridized carbons (Fsp3) is 1.00. The molecule has 2 heterocycles. The molecule has 0 aromatic rings. The SMILES string of the molecule is CSC1CCCC1N1CC2CCCN2CC1C. The summed E-state index contributed by atoms with van der Waals surface area (Å²) in [6.45, 7) is 6.48. The third-order valence-corrected chi connectivity index (χ3v) is 6.29. The Morgan fingerprint density at radius 1 is 1.06 bits per heavy atom. The van der Waals surface area contributed by atoms with Crippen molar-refractivity contribution in [2.45, 2.75) is 62.4 Å². The molecule has 3 fully saturated rings. The van der Waals surface area contributed by atoms with E-state index >= 15 is 0 Å². The molecule has 1 saturated carbocycles. The molecule has 3 heteroatoms. The molecule has 3 aliphatic rings. The quantitative estimate of drug-likeness (QED) is 0.747. The first kappa shape index (κ1) is 12.3. The Labute approximate surface area is 110 Å². The van der Waals surface area contributed by atoms with Gasteiger partial charge in [-0.05, 0) is 45.4 Å². The van der Waals surface area contributed by atoms with Crippen molar-refractivity contribution >= 4 is 11.8 Å². The van der Waals surface area contributed by atoms with Gasteiger partial charge in [-0.3, -0.25) is 9.80 Å². The van der Waals surface area contributed by atoms with Gasteiger partial charge in [-0.1, -0.05) is 6.42 Å². The molecule has 4 atom stereocenters. The zero-order chi connectivity index (χ0) is 11.8. The average Bonchev–Trinajstić information content (AvgIpc) is 2.94. The first-order valence-corrected chi connectivity index (χ1v) is 8.61. The molecule has 0 amide bonds. The third kappa shape index (κ3) is 2.26. The molecule has 0 N–H and O–H groups in total. The molecule has 0 bridgehead atoms. The average molecular weight is 254 g/mol. The van der Waals surface area contributed by atoms with Crippen LogP contribution in [-0.2, 0) is 0 Å². The standard InChI is InChI=1S/C14H26N2S/c1-11-9-15-8-4-5-12(15)10-16(11)13-6-3-7-14(13)17-2/h11-14H,3-10H2,1-2H3. The molecule has 1 aliphatic carbocycles. The summed E-state index contributed by atoms with van der Waals surface area (Å²) < 4.78 is 0. The molecule has 0 aromatic heterocycles. The molecule has 3 rings (SSSR count). The molecule has 2 aliphatic heterocycles. The predicted octanol–water partition coefficient (Wildman–Crippen LogP) is 2.44. The van der Waals surface area contributed by atoms with Gasteiger partial charge < -0.3 is 0 Å². The fourth-order valence-corrected chi connectivity index (χ4v) is 5.24. The fourth-order valence-electron chi connectivity index (χ4n) is 4.23. The minimum Gasteiger partial charge on any atom is -0.298 e. The largest absolute Gasteiger partial charge is 0.298 e. The topological polar surface area (TPSA) is 6.48 Å². The third-order valence-electron chi connectivity index (χ3n) is 5.13. The van der Waals surface area contributed by atoms with E-state index in [4.69, 9.17) is 0 Å². The number of fused-ring (bicyclic) bond motifs is 1. The highest BCUT2D eigenvalue weighted by Crippen LogP contribution is 2.36. The van der Waals surface area contributed by atoms with Gasteiger partial charge in [0.05, 0.1) is 0 Å². The van der Waals surface area contributed by atoms with Crippen molar-refractivity contribution < 1.29 is 0 Å². The Hall–Kier alpha value is 0.270. The van der Waals surface area contributed by atoms with Crippen LogP contribution in [0.25, 0.3) is 0 Å². The molecule has 0 radical (unpaired) electrons. The van der Waals surface area contributed by atoms with E-state index in [0.717, 1.165) is 23.4 Å². The summed E-state index contributed by atoms with van der Waals surface area (Å²) in [6.07, 6.45) is 9.53. The van der Waals surface area contributed by atoms with Crippen LogP contribution in [0.4, 0.5) is 0 Å². The molecular weight excluding hydrogens is 228 g/mol. The van der Waals surface area contributed by atoms with Gasteiger partial charge in [0, 0.05) is 36.5 Å². The van der Waals surface area contributed by atoms with Crippen LogP contribution in [0, 0.1) is 0 Å². The van der Waals surface area contributed by atoms with Gasteiger partial charge in [-0.15, -0.1) is 0 Å². The first-order valence-electron chi connectivity index (χ1n) is 7.32. The lowest BCUT2D eigenvalue weighted by Crippen LogP contribution is -2.59. The van der Waals surface area contributed by atoms with Gasteiger partial charge in [-0.25, -0.2) is 0 Å². The molecule has 0 spiro atoms. The monoisotopic (exact) mass is 254 g/mol. The Balaban J connectivity index is 1.69. The molecule has 98 valence electrons. The highest BCUT2D eigenvalue weighted by atomic mass is 32.2. The number of rotatable bonds is 2. The molecule has 2 saturated heterocycles. The normalized spacial score (nSPS) is 44.1. The Morgan fingerprint density at radius 2 is 1.94 bits per heavy atom. The second-order valence-corrected chi connectivity index (χ2v) is 7.19. The predicted molar refractivity (Wildman–Crippen MR) is 75.7 cm³/mol. The van der Waals surface area contributed by atoms with Crippen molar-refractivity contribution in [2.24, 2.45) is 0 Å². The summed E-state index contributed by atoms with van der Waals surface area (Å²) in [6, 6.07) is 2.54. The Kier molecular flexibility index (Phi) is 3.69. The van der Waals surface area contributed by atoms with Crippen LogP contribution in [-0.4, -0.2) is 59.1 Å². The van der Waals surface area contributed by atoms with Crippen molar-refractivity contribution in [3.63, 3.8) is 0 Å². The van der Waals surface area contributed by atoms with Crippen LogP contribution in [0.1, 0.15) is 39.0 Å². The lowest BCUT2D eigenvalue weighted by molar-refractivity contribution is 0.0312. The minimum atomic E-state index is 0.780. The van der Waals surface area contributed by atoms with Crippen LogP contribution in [0.2, 0.25) is 0 Å². The second kappa shape index (κ2) is 5.10. The van der Waals surface area contributed by atoms with Crippen LogP contribution >= 0.6 is 11.8 Å². The lowest BCUT2D eigenvalue weighted by atomic mass is 10.0. The van der Waals surface area contributed by atoms with Crippen molar-refractivity contribution in [3.05, 3.63) is 0 Å². The number of piperazine rings is 1. The van der Waals surface area contributed by atoms with Crippen molar-refractivity contribution in [2.75, 3.05) is 25.9 Å². The van der Waals surface area contributed by atoms with Gasteiger partial charge in [0.25, 0.3) is 0 Å². The highest BCUT2D eigenvalue weighted by Gasteiger charge is 2.40. The first-order chi connectivity index (χ1) is 8.29. The molecule has 17 heavy (non-hydrogen) atoms. The second-order valence-electron chi connectivity index (χ2n) is 6.11. The van der Waals surface area contributed by atoms with E-state index in [1.807, 2.05) is 0 Å². The van der Waals surface area contributed by atoms with E-state index in [1.54, 1.807) is 0 Å². The van der Waals surface area contributed by atoms with Crippen molar-refractivity contribution in [1.29, 1.82) is 0 Å². The Morgan fingerprint density at radius 3 is 2.76 bits per heavy atom. The van der Waals surface area contributed by atoms with Crippen LogP contribution in [0.5, 0.6) is 0 Å². The molecule has 2 nitrogen and oxygen atoms in total. The summed E-state index contributed by atoms with van der Waals surface area (Å²) in [5.74, 6) is 0. The number of nitrogens with zero attached hydrogens (tertiary/aromatic N) is 2. The highest BCUT2D eigenvalue weighted by molar-refractivity contribution is 7.99. The number of hydrogen-bond donors (Lipinski definition) is 0. The van der Waals surface area contributed by atoms with Gasteiger partial charge in [-0.2, -0.15) is 11.8 Å². The maximum absolute atomic E-state index is 2.86. The van der Waals surface area contributed by atoms with Crippen LogP contribution in [0.15, 0.2) is 0 Å². The summed E-state index contributed by atoms with van der Waals surface area (Å²) in [5, 5.41) is 0.908. The van der Waals surface area contributed by atoms with E-state index < -0.39 is 0 Å². The summed E-state index contributed by atoms with van der Waals surface area (Å²) in [5.41, 5.74) is 0. The van der Waals surface area contributed by atoms with Crippen LogP contribution in [0.3, 0.4) is 0 Å². The summed E-state index contributed by atoms with van der Waals surface area (Å²) >= 11 is 2.11. The smallest absolute Gasteiger partial charge is 0.0224 e. The summed E-state index contributed by atoms with van der Waals surface area (Å²) in [7, 11) is 0. The molecular formula is C14H26N2S. The van der Waals surface area contributed by atoms with Crippen molar-refractivity contribution in [1.82, 2.24) is 9.80 Å². The Bertz CT molecular complexity index is 271. The maximum Gasteiger partial charge on any atom is 0.0224 e. The van der Waals surface area contributed by atoms with E-state index in [0.29, 0.717) is 0 Å². The van der Waals surface area contributed by atoms with E-state index in [2.05, 4.69) is 34.7 Å². The van der Waals surface area contributed by atoms with Crippen molar-refractivity contribution in [3.8, 4) is 0 Å². The summed E-state index contributed by atoms with van der Waals surface area (Å²) in [4.78, 5) is 5.60.